The number of carbonyl (C=O) groups excluding carboxylic acids is 1. The van der Waals surface area contributed by atoms with Crippen LogP contribution in [-0.4, -0.2) is 43.5 Å². The largest absolute Gasteiger partial charge is 0.376 e. The molecule has 1 heterocycles. The van der Waals surface area contributed by atoms with Crippen LogP contribution in [0.15, 0.2) is 48.5 Å². The summed E-state index contributed by atoms with van der Waals surface area (Å²) in [6.45, 7) is 9.26. The highest BCUT2D eigenvalue weighted by atomic mass is 19.1. The van der Waals surface area contributed by atoms with Gasteiger partial charge in [0.05, 0.1) is 12.2 Å². The zero-order valence-corrected chi connectivity index (χ0v) is 16.3. The van der Waals surface area contributed by atoms with E-state index in [0.29, 0.717) is 31.9 Å². The number of halogens is 1. The quantitative estimate of drug-likeness (QED) is 0.888. The number of hydrogen-bond acceptors (Lipinski definition) is 3. The summed E-state index contributed by atoms with van der Waals surface area (Å²) in [5.41, 5.74) is 2.82. The van der Waals surface area contributed by atoms with Gasteiger partial charge in [0.1, 0.15) is 5.82 Å². The summed E-state index contributed by atoms with van der Waals surface area (Å²) in [6.07, 6.45) is 0. The summed E-state index contributed by atoms with van der Waals surface area (Å²) in [5, 5.41) is 3.30. The van der Waals surface area contributed by atoms with Crippen LogP contribution in [0.2, 0.25) is 0 Å². The maximum absolute atomic E-state index is 13.9. The Labute approximate surface area is 161 Å². The third kappa shape index (κ3) is 4.59. The van der Waals surface area contributed by atoms with E-state index < -0.39 is 0 Å². The van der Waals surface area contributed by atoms with E-state index in [2.05, 4.69) is 32.2 Å². The van der Waals surface area contributed by atoms with Gasteiger partial charge in [-0.15, -0.1) is 0 Å². The predicted octanol–water partition coefficient (Wildman–Crippen LogP) is 3.88. The lowest BCUT2D eigenvalue weighted by atomic mass is 9.86. The van der Waals surface area contributed by atoms with Gasteiger partial charge < -0.3 is 15.1 Å². The molecule has 0 aliphatic carbocycles. The molecule has 1 N–H and O–H groups in total. The number of carbonyl (C=O) groups is 1. The molecule has 4 nitrogen and oxygen atoms in total. The number of amides is 1. The van der Waals surface area contributed by atoms with E-state index in [1.165, 1.54) is 11.6 Å². The molecule has 0 atom stereocenters. The molecule has 0 saturated carbocycles. The van der Waals surface area contributed by atoms with E-state index >= 15 is 0 Å². The van der Waals surface area contributed by atoms with Crippen LogP contribution in [0.5, 0.6) is 0 Å². The number of anilines is 2. The van der Waals surface area contributed by atoms with E-state index in [9.17, 15) is 9.18 Å². The van der Waals surface area contributed by atoms with E-state index in [1.807, 2.05) is 34.1 Å². The molecular formula is C22H28FN3O. The van der Waals surface area contributed by atoms with Crippen LogP contribution >= 0.6 is 0 Å². The van der Waals surface area contributed by atoms with Crippen molar-refractivity contribution in [2.45, 2.75) is 26.2 Å². The van der Waals surface area contributed by atoms with Crippen LogP contribution in [0, 0.1) is 5.82 Å². The Morgan fingerprint density at radius 1 is 1.00 bits per heavy atom. The van der Waals surface area contributed by atoms with Crippen molar-refractivity contribution in [2.75, 3.05) is 42.9 Å². The monoisotopic (exact) mass is 369 g/mol. The standard InChI is InChI=1S/C22H28FN3O/c1-22(2,3)17-8-4-6-10-19(17)24-16-21(27)26-14-12-25(13-15-26)20-11-7-5-9-18(20)23/h4-11,24H,12-16H2,1-3H3. The maximum atomic E-state index is 13.9. The summed E-state index contributed by atoms with van der Waals surface area (Å²) in [4.78, 5) is 16.5. The fraction of sp³-hybridized carbons (Fsp3) is 0.409. The number of rotatable bonds is 4. The van der Waals surface area contributed by atoms with Crippen LogP contribution in [0.1, 0.15) is 26.3 Å². The normalized spacial score (nSPS) is 15.0. The van der Waals surface area contributed by atoms with Crippen molar-refractivity contribution in [1.29, 1.82) is 0 Å². The minimum atomic E-state index is -0.210. The maximum Gasteiger partial charge on any atom is 0.241 e. The van der Waals surface area contributed by atoms with Gasteiger partial charge in [-0.3, -0.25) is 4.79 Å². The van der Waals surface area contributed by atoms with Crippen LogP contribution in [0.3, 0.4) is 0 Å². The first kappa shape index (κ1) is 19.2. The molecule has 3 rings (SSSR count). The molecule has 27 heavy (non-hydrogen) atoms. The Balaban J connectivity index is 1.56. The first-order valence-electron chi connectivity index (χ1n) is 9.47. The second kappa shape index (κ2) is 7.99. The molecule has 0 unspecified atom stereocenters. The predicted molar refractivity (Wildman–Crippen MR) is 109 cm³/mol. The van der Waals surface area contributed by atoms with Crippen LogP contribution in [0.25, 0.3) is 0 Å². The second-order valence-corrected chi connectivity index (χ2v) is 7.97. The second-order valence-electron chi connectivity index (χ2n) is 7.97. The van der Waals surface area contributed by atoms with Gasteiger partial charge in [-0.2, -0.15) is 0 Å². The van der Waals surface area contributed by atoms with Crippen molar-refractivity contribution in [1.82, 2.24) is 4.90 Å². The smallest absolute Gasteiger partial charge is 0.241 e. The molecule has 0 radical (unpaired) electrons. The molecule has 2 aromatic carbocycles. The molecule has 0 aromatic heterocycles. The van der Waals surface area contributed by atoms with Gasteiger partial charge in [0, 0.05) is 31.9 Å². The average molecular weight is 369 g/mol. The fourth-order valence-corrected chi connectivity index (χ4v) is 3.48. The highest BCUT2D eigenvalue weighted by Crippen LogP contribution is 2.29. The molecule has 144 valence electrons. The van der Waals surface area contributed by atoms with Gasteiger partial charge >= 0.3 is 0 Å². The highest BCUT2D eigenvalue weighted by molar-refractivity contribution is 5.81. The molecule has 2 aromatic rings. The van der Waals surface area contributed by atoms with Crippen molar-refractivity contribution in [3.63, 3.8) is 0 Å². The number of para-hydroxylation sites is 2. The minimum absolute atomic E-state index is 0.0119. The number of benzene rings is 2. The molecule has 1 amide bonds. The van der Waals surface area contributed by atoms with E-state index in [4.69, 9.17) is 0 Å². The highest BCUT2D eigenvalue weighted by Gasteiger charge is 2.23. The summed E-state index contributed by atoms with van der Waals surface area (Å²) in [5.74, 6) is -0.135. The summed E-state index contributed by atoms with van der Waals surface area (Å²) < 4.78 is 13.9. The Morgan fingerprint density at radius 2 is 1.63 bits per heavy atom. The first-order valence-corrected chi connectivity index (χ1v) is 9.47. The zero-order chi connectivity index (χ0) is 19.4. The first-order chi connectivity index (χ1) is 12.9. The molecule has 0 spiro atoms. The van der Waals surface area contributed by atoms with Crippen molar-refractivity contribution in [2.24, 2.45) is 0 Å². The Kier molecular flexibility index (Phi) is 5.68. The lowest BCUT2D eigenvalue weighted by Gasteiger charge is -2.36. The van der Waals surface area contributed by atoms with Crippen molar-refractivity contribution < 1.29 is 9.18 Å². The molecular weight excluding hydrogens is 341 g/mol. The fourth-order valence-electron chi connectivity index (χ4n) is 3.48. The third-order valence-corrected chi connectivity index (χ3v) is 4.99. The minimum Gasteiger partial charge on any atom is -0.376 e. The molecule has 1 saturated heterocycles. The number of nitrogens with one attached hydrogen (secondary N) is 1. The summed E-state index contributed by atoms with van der Waals surface area (Å²) in [6, 6.07) is 14.9. The molecule has 1 aliphatic rings. The van der Waals surface area contributed by atoms with Crippen LogP contribution in [-0.2, 0) is 10.2 Å². The SMILES string of the molecule is CC(C)(C)c1ccccc1NCC(=O)N1CCN(c2ccccc2F)CC1. The van der Waals surface area contributed by atoms with Gasteiger partial charge in [-0.05, 0) is 29.2 Å². The van der Waals surface area contributed by atoms with Crippen LogP contribution in [0.4, 0.5) is 15.8 Å². The lowest BCUT2D eigenvalue weighted by molar-refractivity contribution is -0.129. The molecule has 1 fully saturated rings. The van der Waals surface area contributed by atoms with E-state index in [1.54, 1.807) is 12.1 Å². The Morgan fingerprint density at radius 3 is 2.30 bits per heavy atom. The number of piperazine rings is 1. The van der Waals surface area contributed by atoms with Gasteiger partial charge in [-0.25, -0.2) is 4.39 Å². The molecule has 5 heteroatoms. The van der Waals surface area contributed by atoms with Gasteiger partial charge in [0.2, 0.25) is 5.91 Å². The van der Waals surface area contributed by atoms with Crippen molar-refractivity contribution in [3.8, 4) is 0 Å². The van der Waals surface area contributed by atoms with Crippen molar-refractivity contribution in [3.05, 3.63) is 59.9 Å². The summed E-state index contributed by atoms with van der Waals surface area (Å²) >= 11 is 0. The molecule has 1 aliphatic heterocycles. The summed E-state index contributed by atoms with van der Waals surface area (Å²) in [7, 11) is 0. The van der Waals surface area contributed by atoms with Gasteiger partial charge in [-0.1, -0.05) is 51.1 Å². The van der Waals surface area contributed by atoms with Gasteiger partial charge in [0.25, 0.3) is 0 Å². The third-order valence-electron chi connectivity index (χ3n) is 4.99. The van der Waals surface area contributed by atoms with Crippen molar-refractivity contribution >= 4 is 17.3 Å². The average Bonchev–Trinajstić information content (AvgIpc) is 2.66. The van der Waals surface area contributed by atoms with E-state index in [0.717, 1.165) is 5.69 Å². The zero-order valence-electron chi connectivity index (χ0n) is 16.3. The number of hydrogen-bond donors (Lipinski definition) is 1. The number of nitrogens with zero attached hydrogens (tertiary/aromatic N) is 2. The molecule has 0 bridgehead atoms. The van der Waals surface area contributed by atoms with E-state index in [-0.39, 0.29) is 23.7 Å². The topological polar surface area (TPSA) is 35.6 Å². The Bertz CT molecular complexity index is 792. The van der Waals surface area contributed by atoms with Crippen LogP contribution < -0.4 is 10.2 Å². The lowest BCUT2D eigenvalue weighted by Crippen LogP contribution is -2.50. The Hall–Kier alpha value is -2.56. The van der Waals surface area contributed by atoms with Gasteiger partial charge in [0.15, 0.2) is 0 Å².